The van der Waals surface area contributed by atoms with E-state index in [9.17, 15) is 9.59 Å². The molecule has 1 aromatic carbocycles. The van der Waals surface area contributed by atoms with Gasteiger partial charge in [0.1, 0.15) is 5.01 Å². The SMILES string of the molecule is CCN(CC(=O)O)C1CC(NC(=O)Nc2ccc(-c3nccs3)cc2)C1. The van der Waals surface area contributed by atoms with Gasteiger partial charge in [-0.1, -0.05) is 6.92 Å². The highest BCUT2D eigenvalue weighted by molar-refractivity contribution is 7.13. The molecule has 2 amide bonds. The van der Waals surface area contributed by atoms with E-state index in [2.05, 4.69) is 15.6 Å². The number of thiazole rings is 1. The standard InChI is InChI=1S/C18H22N4O3S/c1-2-22(11-16(23)24)15-9-14(10-15)21-18(25)20-13-5-3-12(4-6-13)17-19-7-8-26-17/h3-8,14-15H,2,9-11H2,1H3,(H,23,24)(H2,20,21,25). The number of amides is 2. The highest BCUT2D eigenvalue weighted by Crippen LogP contribution is 2.26. The summed E-state index contributed by atoms with van der Waals surface area (Å²) in [5.74, 6) is -0.817. The van der Waals surface area contributed by atoms with Crippen LogP contribution in [0, 0.1) is 0 Å². The fourth-order valence-corrected chi connectivity index (χ4v) is 3.74. The maximum atomic E-state index is 12.1. The summed E-state index contributed by atoms with van der Waals surface area (Å²) in [4.78, 5) is 29.1. The van der Waals surface area contributed by atoms with Crippen LogP contribution in [0.25, 0.3) is 10.6 Å². The number of likely N-dealkylation sites (N-methyl/N-ethyl adjacent to an activating group) is 1. The number of nitrogens with zero attached hydrogens (tertiary/aromatic N) is 2. The average molecular weight is 374 g/mol. The number of carboxylic acids is 1. The molecule has 0 saturated heterocycles. The van der Waals surface area contributed by atoms with Crippen molar-refractivity contribution in [1.29, 1.82) is 0 Å². The number of hydrogen-bond acceptors (Lipinski definition) is 5. The molecule has 8 heteroatoms. The number of rotatable bonds is 7. The summed E-state index contributed by atoms with van der Waals surface area (Å²) in [6.07, 6.45) is 3.32. The smallest absolute Gasteiger partial charge is 0.319 e. The van der Waals surface area contributed by atoms with E-state index in [-0.39, 0.29) is 24.7 Å². The molecule has 1 saturated carbocycles. The third-order valence-electron chi connectivity index (χ3n) is 4.53. The largest absolute Gasteiger partial charge is 0.480 e. The van der Waals surface area contributed by atoms with E-state index in [0.29, 0.717) is 6.54 Å². The summed E-state index contributed by atoms with van der Waals surface area (Å²) >= 11 is 1.57. The van der Waals surface area contributed by atoms with Crippen LogP contribution in [0.15, 0.2) is 35.8 Å². The van der Waals surface area contributed by atoms with Gasteiger partial charge < -0.3 is 15.7 Å². The Morgan fingerprint density at radius 2 is 2.04 bits per heavy atom. The first-order valence-electron chi connectivity index (χ1n) is 8.58. The lowest BCUT2D eigenvalue weighted by atomic mass is 9.85. The normalized spacial score (nSPS) is 19.0. The first kappa shape index (κ1) is 18.3. The zero-order valence-electron chi connectivity index (χ0n) is 14.5. The van der Waals surface area contributed by atoms with E-state index in [1.54, 1.807) is 17.5 Å². The van der Waals surface area contributed by atoms with Crippen molar-refractivity contribution in [3.05, 3.63) is 35.8 Å². The first-order chi connectivity index (χ1) is 12.5. The number of carboxylic acid groups (broad SMARTS) is 1. The van der Waals surface area contributed by atoms with Gasteiger partial charge in [-0.2, -0.15) is 0 Å². The van der Waals surface area contributed by atoms with Crippen molar-refractivity contribution in [3.63, 3.8) is 0 Å². The molecule has 7 nitrogen and oxygen atoms in total. The second-order valence-electron chi connectivity index (χ2n) is 6.29. The molecule has 1 aliphatic rings. The van der Waals surface area contributed by atoms with Gasteiger partial charge in [0.2, 0.25) is 0 Å². The molecule has 0 aliphatic heterocycles. The van der Waals surface area contributed by atoms with Gasteiger partial charge in [0.05, 0.1) is 6.54 Å². The molecular weight excluding hydrogens is 352 g/mol. The number of hydrogen-bond donors (Lipinski definition) is 3. The van der Waals surface area contributed by atoms with Gasteiger partial charge in [0.25, 0.3) is 0 Å². The quantitative estimate of drug-likeness (QED) is 0.693. The van der Waals surface area contributed by atoms with Crippen molar-refractivity contribution < 1.29 is 14.7 Å². The van der Waals surface area contributed by atoms with E-state index in [0.717, 1.165) is 29.1 Å². The highest BCUT2D eigenvalue weighted by Gasteiger charge is 2.34. The Morgan fingerprint density at radius 1 is 1.31 bits per heavy atom. The van der Waals surface area contributed by atoms with Gasteiger partial charge in [-0.3, -0.25) is 9.69 Å². The number of aliphatic carboxylic acids is 1. The molecule has 0 bridgehead atoms. The first-order valence-corrected chi connectivity index (χ1v) is 9.46. The molecule has 0 atom stereocenters. The van der Waals surface area contributed by atoms with Gasteiger partial charge in [-0.05, 0) is 43.7 Å². The third-order valence-corrected chi connectivity index (χ3v) is 5.35. The second-order valence-corrected chi connectivity index (χ2v) is 7.19. The van der Waals surface area contributed by atoms with Crippen LogP contribution in [0.1, 0.15) is 19.8 Å². The number of nitrogens with one attached hydrogen (secondary N) is 2. The fourth-order valence-electron chi connectivity index (χ4n) is 3.09. The Hall–Kier alpha value is -2.45. The lowest BCUT2D eigenvalue weighted by Gasteiger charge is -2.42. The molecule has 2 aromatic rings. The molecule has 3 N–H and O–H groups in total. The zero-order valence-corrected chi connectivity index (χ0v) is 15.3. The lowest BCUT2D eigenvalue weighted by Crippen LogP contribution is -2.55. The topological polar surface area (TPSA) is 94.6 Å². The lowest BCUT2D eigenvalue weighted by molar-refractivity contribution is -0.139. The predicted octanol–water partition coefficient (Wildman–Crippen LogP) is 2.87. The van der Waals surface area contributed by atoms with Crippen molar-refractivity contribution in [2.45, 2.75) is 31.8 Å². The minimum Gasteiger partial charge on any atom is -0.480 e. The van der Waals surface area contributed by atoms with Gasteiger partial charge >= 0.3 is 12.0 Å². The van der Waals surface area contributed by atoms with Crippen LogP contribution in [0.4, 0.5) is 10.5 Å². The van der Waals surface area contributed by atoms with Crippen LogP contribution in [-0.4, -0.2) is 52.2 Å². The van der Waals surface area contributed by atoms with Crippen LogP contribution in [-0.2, 0) is 4.79 Å². The van der Waals surface area contributed by atoms with Gasteiger partial charge in [-0.15, -0.1) is 11.3 Å². The van der Waals surface area contributed by atoms with E-state index < -0.39 is 5.97 Å². The molecule has 0 radical (unpaired) electrons. The van der Waals surface area contributed by atoms with E-state index in [1.165, 1.54) is 0 Å². The van der Waals surface area contributed by atoms with Crippen molar-refractivity contribution in [3.8, 4) is 10.6 Å². The Kier molecular flexibility index (Phi) is 5.85. The minimum absolute atomic E-state index is 0.0472. The van der Waals surface area contributed by atoms with Crippen LogP contribution in [0.5, 0.6) is 0 Å². The number of urea groups is 1. The molecule has 3 rings (SSSR count). The van der Waals surface area contributed by atoms with E-state index >= 15 is 0 Å². The summed E-state index contributed by atoms with van der Waals surface area (Å²) in [6.45, 7) is 2.69. The highest BCUT2D eigenvalue weighted by atomic mass is 32.1. The summed E-state index contributed by atoms with van der Waals surface area (Å²) < 4.78 is 0. The van der Waals surface area contributed by atoms with Gasteiger partial charge in [-0.25, -0.2) is 9.78 Å². The van der Waals surface area contributed by atoms with Crippen molar-refractivity contribution in [2.24, 2.45) is 0 Å². The zero-order chi connectivity index (χ0) is 18.5. The number of carbonyl (C=O) groups excluding carboxylic acids is 1. The average Bonchev–Trinajstić information content (AvgIpc) is 3.11. The molecule has 1 aliphatic carbocycles. The Labute approximate surface area is 156 Å². The fraction of sp³-hybridized carbons (Fsp3) is 0.389. The summed E-state index contributed by atoms with van der Waals surface area (Å²) in [7, 11) is 0. The van der Waals surface area contributed by atoms with Crippen LogP contribution >= 0.6 is 11.3 Å². The number of aromatic nitrogens is 1. The van der Waals surface area contributed by atoms with Crippen molar-refractivity contribution in [1.82, 2.24) is 15.2 Å². The number of benzene rings is 1. The summed E-state index contributed by atoms with van der Waals surface area (Å²) in [6, 6.07) is 7.63. The maximum Gasteiger partial charge on any atom is 0.319 e. The van der Waals surface area contributed by atoms with E-state index in [4.69, 9.17) is 5.11 Å². The minimum atomic E-state index is -0.817. The molecule has 0 spiro atoms. The van der Waals surface area contributed by atoms with E-state index in [1.807, 2.05) is 41.5 Å². The van der Waals surface area contributed by atoms with Crippen LogP contribution in [0.2, 0.25) is 0 Å². The van der Waals surface area contributed by atoms with Crippen LogP contribution < -0.4 is 10.6 Å². The predicted molar refractivity (Wildman–Crippen MR) is 101 cm³/mol. The van der Waals surface area contributed by atoms with Crippen LogP contribution in [0.3, 0.4) is 0 Å². The Morgan fingerprint density at radius 3 is 2.62 bits per heavy atom. The third kappa shape index (κ3) is 4.59. The van der Waals surface area contributed by atoms with Gasteiger partial charge in [0, 0.05) is 34.9 Å². The molecule has 26 heavy (non-hydrogen) atoms. The molecule has 1 aromatic heterocycles. The van der Waals surface area contributed by atoms with Gasteiger partial charge in [0.15, 0.2) is 0 Å². The Balaban J connectivity index is 1.44. The second kappa shape index (κ2) is 8.29. The summed E-state index contributed by atoms with van der Waals surface area (Å²) in [5.41, 5.74) is 1.74. The maximum absolute atomic E-state index is 12.1. The monoisotopic (exact) mass is 374 g/mol. The molecule has 1 fully saturated rings. The molecule has 0 unspecified atom stereocenters. The molecule has 1 heterocycles. The molecular formula is C18H22N4O3S. The summed E-state index contributed by atoms with van der Waals surface area (Å²) in [5, 5.41) is 17.6. The Bertz CT molecular complexity index is 742. The van der Waals surface area contributed by atoms with Crippen molar-refractivity contribution >= 4 is 29.0 Å². The van der Waals surface area contributed by atoms with Crippen molar-refractivity contribution in [2.75, 3.05) is 18.4 Å². The molecule has 138 valence electrons. The number of carbonyl (C=O) groups is 2. The number of anilines is 1.